The Bertz CT molecular complexity index is 346. The molecule has 20 heavy (non-hydrogen) atoms. The maximum absolute atomic E-state index is 12.2. The minimum absolute atomic E-state index is 0.0413. The lowest BCUT2D eigenvalue weighted by Crippen LogP contribution is -2.57. The van der Waals surface area contributed by atoms with E-state index in [4.69, 9.17) is 13.6 Å². The van der Waals surface area contributed by atoms with Crippen LogP contribution in [-0.2, 0) is 18.4 Å². The lowest BCUT2D eigenvalue weighted by molar-refractivity contribution is -0.185. The van der Waals surface area contributed by atoms with Crippen LogP contribution < -0.4 is 0 Å². The molecule has 0 aliphatic carbocycles. The molecule has 0 unspecified atom stereocenters. The predicted molar refractivity (Wildman–Crippen MR) is 85.8 cm³/mol. The number of hydrogen-bond acceptors (Lipinski definition) is 4. The summed E-state index contributed by atoms with van der Waals surface area (Å²) in [6.07, 6.45) is 0.104. The van der Waals surface area contributed by atoms with Crippen LogP contribution in [-0.4, -0.2) is 40.9 Å². The van der Waals surface area contributed by atoms with Gasteiger partial charge in [0.2, 0.25) is 0 Å². The first-order chi connectivity index (χ1) is 8.94. The molecule has 0 aromatic rings. The van der Waals surface area contributed by atoms with E-state index in [1.807, 2.05) is 6.92 Å². The van der Waals surface area contributed by atoms with Crippen molar-refractivity contribution in [1.82, 2.24) is 0 Å². The summed E-state index contributed by atoms with van der Waals surface area (Å²) in [6, 6.07) is 0. The molecule has 0 N–H and O–H groups in total. The molecule has 1 heterocycles. The third-order valence-corrected chi connectivity index (χ3v) is 5.17. The average molecular weight is 319 g/mol. The SMILES string of the molecule is CC[C@H]1OC(=O)[C@H](O[Si](C)(C)C)[C@@H](C)[C@@H]1O[Si](C)(C)C. The second-order valence-electron chi connectivity index (χ2n) is 7.59. The highest BCUT2D eigenvalue weighted by atomic mass is 28.4. The Labute approximate surface area is 125 Å². The summed E-state index contributed by atoms with van der Waals surface area (Å²) in [7, 11) is -3.48. The number of carbonyl (C=O) groups is 1. The molecule has 1 fully saturated rings. The quantitative estimate of drug-likeness (QED) is 0.576. The van der Waals surface area contributed by atoms with Gasteiger partial charge in [-0.2, -0.15) is 0 Å². The Hall–Kier alpha value is -0.176. The number of cyclic esters (lactones) is 1. The van der Waals surface area contributed by atoms with E-state index < -0.39 is 22.7 Å². The smallest absolute Gasteiger partial charge is 0.334 e. The molecule has 0 bridgehead atoms. The van der Waals surface area contributed by atoms with E-state index in [1.165, 1.54) is 0 Å². The summed E-state index contributed by atoms with van der Waals surface area (Å²) in [6.45, 7) is 16.9. The van der Waals surface area contributed by atoms with Gasteiger partial charge >= 0.3 is 5.97 Å². The summed E-state index contributed by atoms with van der Waals surface area (Å²) in [5, 5.41) is 0. The largest absolute Gasteiger partial charge is 0.458 e. The average Bonchev–Trinajstić information content (AvgIpc) is 2.25. The van der Waals surface area contributed by atoms with Crippen LogP contribution in [0.3, 0.4) is 0 Å². The molecule has 1 aliphatic heterocycles. The fraction of sp³-hybridized carbons (Fsp3) is 0.929. The summed E-state index contributed by atoms with van der Waals surface area (Å²) in [5.41, 5.74) is 0. The van der Waals surface area contributed by atoms with Crippen molar-refractivity contribution in [3.05, 3.63) is 0 Å². The summed E-state index contributed by atoms with van der Waals surface area (Å²) >= 11 is 0. The second kappa shape index (κ2) is 6.29. The number of ether oxygens (including phenoxy) is 1. The molecule has 1 rings (SSSR count). The van der Waals surface area contributed by atoms with Gasteiger partial charge in [0.15, 0.2) is 16.6 Å². The van der Waals surface area contributed by atoms with Gasteiger partial charge in [0.25, 0.3) is 0 Å². The van der Waals surface area contributed by atoms with E-state index >= 15 is 0 Å². The molecular weight excluding hydrogens is 288 g/mol. The van der Waals surface area contributed by atoms with E-state index in [0.717, 1.165) is 6.42 Å². The lowest BCUT2D eigenvalue weighted by atomic mass is 9.90. The van der Waals surface area contributed by atoms with E-state index in [1.54, 1.807) is 0 Å². The Morgan fingerprint density at radius 1 is 1.05 bits per heavy atom. The fourth-order valence-corrected chi connectivity index (χ4v) is 4.71. The third-order valence-electron chi connectivity index (χ3n) is 3.23. The maximum atomic E-state index is 12.2. The summed E-state index contributed by atoms with van der Waals surface area (Å²) in [5.74, 6) is -0.179. The molecule has 0 radical (unpaired) electrons. The molecule has 0 aromatic carbocycles. The van der Waals surface area contributed by atoms with Gasteiger partial charge in [-0.05, 0) is 45.7 Å². The predicted octanol–water partition coefficient (Wildman–Crippen LogP) is 3.40. The topological polar surface area (TPSA) is 44.8 Å². The van der Waals surface area contributed by atoms with Crippen molar-refractivity contribution >= 4 is 22.6 Å². The Morgan fingerprint density at radius 2 is 1.55 bits per heavy atom. The van der Waals surface area contributed by atoms with Crippen molar-refractivity contribution in [3.63, 3.8) is 0 Å². The minimum atomic E-state index is -1.79. The number of carbonyl (C=O) groups excluding carboxylic acids is 1. The van der Waals surface area contributed by atoms with Crippen LogP contribution in [0.2, 0.25) is 39.3 Å². The van der Waals surface area contributed by atoms with E-state index in [9.17, 15) is 4.79 Å². The van der Waals surface area contributed by atoms with Crippen molar-refractivity contribution in [3.8, 4) is 0 Å². The van der Waals surface area contributed by atoms with Crippen molar-refractivity contribution in [2.45, 2.75) is 77.9 Å². The highest BCUT2D eigenvalue weighted by molar-refractivity contribution is 6.70. The molecule has 0 spiro atoms. The van der Waals surface area contributed by atoms with Crippen LogP contribution in [0.15, 0.2) is 0 Å². The van der Waals surface area contributed by atoms with Crippen molar-refractivity contribution in [2.24, 2.45) is 5.92 Å². The molecule has 6 heteroatoms. The zero-order chi connectivity index (χ0) is 15.7. The molecule has 4 nitrogen and oxygen atoms in total. The van der Waals surface area contributed by atoms with Gasteiger partial charge < -0.3 is 13.6 Å². The number of esters is 1. The molecule has 4 atom stereocenters. The molecule has 1 aliphatic rings. The lowest BCUT2D eigenvalue weighted by Gasteiger charge is -2.43. The van der Waals surface area contributed by atoms with Gasteiger partial charge in [-0.25, -0.2) is 4.79 Å². The standard InChI is InChI=1S/C14H30O4Si2/c1-9-11-12(17-19(3,4)5)10(2)13(14(15)16-11)18-20(6,7)8/h10-13H,9H2,1-8H3/t10-,11+,12-,13+/m0/s1. The van der Waals surface area contributed by atoms with Crippen molar-refractivity contribution in [2.75, 3.05) is 0 Å². The minimum Gasteiger partial charge on any atom is -0.458 e. The highest BCUT2D eigenvalue weighted by Gasteiger charge is 2.46. The van der Waals surface area contributed by atoms with Gasteiger partial charge in [-0.1, -0.05) is 13.8 Å². The Balaban J connectivity index is 2.93. The van der Waals surface area contributed by atoms with Crippen LogP contribution in [0.5, 0.6) is 0 Å². The zero-order valence-corrected chi connectivity index (χ0v) is 16.1. The van der Waals surface area contributed by atoms with Crippen molar-refractivity contribution < 1.29 is 18.4 Å². The van der Waals surface area contributed by atoms with Crippen LogP contribution >= 0.6 is 0 Å². The van der Waals surface area contributed by atoms with Gasteiger partial charge in [0.05, 0.1) is 6.10 Å². The van der Waals surface area contributed by atoms with Gasteiger partial charge in [0.1, 0.15) is 12.2 Å². The highest BCUT2D eigenvalue weighted by Crippen LogP contribution is 2.32. The van der Waals surface area contributed by atoms with E-state index in [-0.39, 0.29) is 24.1 Å². The molecule has 0 aromatic heterocycles. The first-order valence-corrected chi connectivity index (χ1v) is 14.3. The second-order valence-corrected chi connectivity index (χ2v) is 16.5. The normalized spacial score (nSPS) is 32.1. The van der Waals surface area contributed by atoms with Crippen LogP contribution in [0, 0.1) is 5.92 Å². The molecular formula is C14H30O4Si2. The molecule has 118 valence electrons. The van der Waals surface area contributed by atoms with Gasteiger partial charge in [-0.15, -0.1) is 0 Å². The third kappa shape index (κ3) is 4.98. The monoisotopic (exact) mass is 318 g/mol. The van der Waals surface area contributed by atoms with E-state index in [2.05, 4.69) is 46.2 Å². The zero-order valence-electron chi connectivity index (χ0n) is 14.1. The molecule has 0 amide bonds. The van der Waals surface area contributed by atoms with Gasteiger partial charge in [-0.3, -0.25) is 0 Å². The fourth-order valence-electron chi connectivity index (χ4n) is 2.45. The van der Waals surface area contributed by atoms with Gasteiger partial charge in [0, 0.05) is 5.92 Å². The molecule has 0 saturated carbocycles. The Kier molecular flexibility index (Phi) is 5.63. The first kappa shape index (κ1) is 17.9. The van der Waals surface area contributed by atoms with E-state index in [0.29, 0.717) is 0 Å². The van der Waals surface area contributed by atoms with Crippen LogP contribution in [0.4, 0.5) is 0 Å². The first-order valence-electron chi connectivity index (χ1n) is 7.50. The summed E-state index contributed by atoms with van der Waals surface area (Å²) in [4.78, 5) is 12.2. The summed E-state index contributed by atoms with van der Waals surface area (Å²) < 4.78 is 17.9. The van der Waals surface area contributed by atoms with Crippen LogP contribution in [0.1, 0.15) is 20.3 Å². The molecule has 1 saturated heterocycles. The number of rotatable bonds is 5. The van der Waals surface area contributed by atoms with Crippen molar-refractivity contribution in [1.29, 1.82) is 0 Å². The Morgan fingerprint density at radius 3 is 1.95 bits per heavy atom. The maximum Gasteiger partial charge on any atom is 0.334 e. The van der Waals surface area contributed by atoms with Crippen LogP contribution in [0.25, 0.3) is 0 Å². The number of hydrogen-bond donors (Lipinski definition) is 0.